The van der Waals surface area contributed by atoms with Crippen LogP contribution < -0.4 is 15.4 Å². The Balaban J connectivity index is 1.71. The molecule has 0 saturated heterocycles. The smallest absolute Gasteiger partial charge is 0.265 e. The zero-order valence-corrected chi connectivity index (χ0v) is 14.4. The zero-order chi connectivity index (χ0) is 17.1. The molecule has 1 amide bonds. The van der Waals surface area contributed by atoms with Crippen molar-refractivity contribution in [1.82, 2.24) is 10.3 Å². The summed E-state index contributed by atoms with van der Waals surface area (Å²) in [5.74, 6) is 0.630. The number of carbonyl (C=O) groups excluding carboxylic acids is 1. The van der Waals surface area contributed by atoms with Gasteiger partial charge in [-0.1, -0.05) is 24.6 Å². The number of hydrogen-bond donors (Lipinski definition) is 2. The van der Waals surface area contributed by atoms with E-state index in [2.05, 4.69) is 22.5 Å². The Kier molecular flexibility index (Phi) is 5.02. The predicted octanol–water partition coefficient (Wildman–Crippen LogP) is 3.70. The molecule has 0 fully saturated rings. The van der Waals surface area contributed by atoms with E-state index in [0.717, 1.165) is 22.6 Å². The second-order valence-corrected chi connectivity index (χ2v) is 6.24. The SMILES string of the molecule is CC[C@@H]1Oc2cc([C@@H](C)NCc3ccncc3Cl)ccc2NC1=O. The van der Waals surface area contributed by atoms with Crippen LogP contribution in [0.4, 0.5) is 5.69 Å². The summed E-state index contributed by atoms with van der Waals surface area (Å²) in [5, 5.41) is 6.98. The first-order valence-corrected chi connectivity index (χ1v) is 8.39. The zero-order valence-electron chi connectivity index (χ0n) is 13.7. The van der Waals surface area contributed by atoms with Gasteiger partial charge in [-0.2, -0.15) is 0 Å². The molecule has 2 atom stereocenters. The molecule has 6 heteroatoms. The quantitative estimate of drug-likeness (QED) is 0.867. The number of nitrogens with one attached hydrogen (secondary N) is 2. The van der Waals surface area contributed by atoms with E-state index in [-0.39, 0.29) is 11.9 Å². The maximum atomic E-state index is 11.8. The van der Waals surface area contributed by atoms with E-state index in [0.29, 0.717) is 18.0 Å². The standard InChI is InChI=1S/C18H20ClN3O2/c1-3-16-18(23)22-15-5-4-12(8-17(15)24-16)11(2)21-9-13-6-7-20-10-14(13)19/h4-8,10-11,16,21H,3,9H2,1-2H3,(H,22,23)/t11-,16+/m1/s1. The number of pyridine rings is 1. The largest absolute Gasteiger partial charge is 0.478 e. The monoisotopic (exact) mass is 345 g/mol. The van der Waals surface area contributed by atoms with Gasteiger partial charge in [0.1, 0.15) is 5.75 Å². The molecule has 24 heavy (non-hydrogen) atoms. The molecule has 2 heterocycles. The van der Waals surface area contributed by atoms with E-state index < -0.39 is 6.10 Å². The molecule has 1 aliphatic rings. The molecular weight excluding hydrogens is 326 g/mol. The Morgan fingerprint density at radius 1 is 1.42 bits per heavy atom. The lowest BCUT2D eigenvalue weighted by atomic mass is 10.1. The number of nitrogens with zero attached hydrogens (tertiary/aromatic N) is 1. The Bertz CT molecular complexity index is 751. The van der Waals surface area contributed by atoms with Crippen LogP contribution in [0.2, 0.25) is 5.02 Å². The summed E-state index contributed by atoms with van der Waals surface area (Å²) in [4.78, 5) is 15.8. The normalized spacial score (nSPS) is 17.6. The second kappa shape index (κ2) is 7.20. The minimum Gasteiger partial charge on any atom is -0.478 e. The topological polar surface area (TPSA) is 63.2 Å². The Morgan fingerprint density at radius 2 is 2.25 bits per heavy atom. The summed E-state index contributed by atoms with van der Waals surface area (Å²) in [7, 11) is 0. The van der Waals surface area contributed by atoms with Crippen LogP contribution in [0.3, 0.4) is 0 Å². The van der Waals surface area contributed by atoms with Gasteiger partial charge in [0.25, 0.3) is 5.91 Å². The summed E-state index contributed by atoms with van der Waals surface area (Å²) in [6.45, 7) is 4.66. The van der Waals surface area contributed by atoms with Gasteiger partial charge in [-0.15, -0.1) is 0 Å². The molecule has 126 valence electrons. The highest BCUT2D eigenvalue weighted by molar-refractivity contribution is 6.31. The summed E-state index contributed by atoms with van der Waals surface area (Å²) >= 11 is 6.13. The van der Waals surface area contributed by atoms with Gasteiger partial charge < -0.3 is 15.4 Å². The van der Waals surface area contributed by atoms with Crippen LogP contribution in [0, 0.1) is 0 Å². The van der Waals surface area contributed by atoms with Gasteiger partial charge in [-0.3, -0.25) is 9.78 Å². The minimum atomic E-state index is -0.424. The van der Waals surface area contributed by atoms with Crippen molar-refractivity contribution < 1.29 is 9.53 Å². The fourth-order valence-electron chi connectivity index (χ4n) is 2.63. The van der Waals surface area contributed by atoms with E-state index in [4.69, 9.17) is 16.3 Å². The van der Waals surface area contributed by atoms with Crippen LogP contribution in [0.15, 0.2) is 36.7 Å². The number of halogens is 1. The van der Waals surface area contributed by atoms with E-state index in [9.17, 15) is 4.79 Å². The van der Waals surface area contributed by atoms with Crippen LogP contribution >= 0.6 is 11.6 Å². The van der Waals surface area contributed by atoms with Crippen LogP contribution in [-0.4, -0.2) is 17.0 Å². The highest BCUT2D eigenvalue weighted by atomic mass is 35.5. The average molecular weight is 346 g/mol. The lowest BCUT2D eigenvalue weighted by Gasteiger charge is -2.26. The van der Waals surface area contributed by atoms with Gasteiger partial charge in [-0.05, 0) is 42.7 Å². The molecule has 2 aromatic rings. The lowest BCUT2D eigenvalue weighted by molar-refractivity contribution is -0.123. The van der Waals surface area contributed by atoms with Crippen molar-refractivity contribution in [2.45, 2.75) is 39.0 Å². The third-order valence-corrected chi connectivity index (χ3v) is 4.49. The number of aromatic nitrogens is 1. The molecule has 1 aliphatic heterocycles. The number of anilines is 1. The first-order valence-electron chi connectivity index (χ1n) is 8.01. The van der Waals surface area contributed by atoms with Crippen molar-refractivity contribution in [3.8, 4) is 5.75 Å². The molecule has 5 nitrogen and oxygen atoms in total. The minimum absolute atomic E-state index is 0.0868. The van der Waals surface area contributed by atoms with Crippen molar-refractivity contribution in [3.05, 3.63) is 52.8 Å². The molecule has 3 rings (SSSR count). The van der Waals surface area contributed by atoms with Gasteiger partial charge in [0, 0.05) is 25.0 Å². The molecule has 0 aliphatic carbocycles. The van der Waals surface area contributed by atoms with E-state index in [1.54, 1.807) is 12.4 Å². The second-order valence-electron chi connectivity index (χ2n) is 5.83. The van der Waals surface area contributed by atoms with Crippen LogP contribution in [-0.2, 0) is 11.3 Å². The number of hydrogen-bond acceptors (Lipinski definition) is 4. The average Bonchev–Trinajstić information content (AvgIpc) is 2.59. The molecule has 2 N–H and O–H groups in total. The van der Waals surface area contributed by atoms with Gasteiger partial charge in [0.05, 0.1) is 10.7 Å². The third kappa shape index (κ3) is 3.52. The molecule has 0 radical (unpaired) electrons. The van der Waals surface area contributed by atoms with Crippen molar-refractivity contribution >= 4 is 23.2 Å². The molecule has 0 spiro atoms. The first-order chi connectivity index (χ1) is 11.6. The van der Waals surface area contributed by atoms with E-state index in [1.807, 2.05) is 31.2 Å². The molecule has 1 aromatic carbocycles. The van der Waals surface area contributed by atoms with Crippen molar-refractivity contribution in [2.75, 3.05) is 5.32 Å². The first kappa shape index (κ1) is 16.7. The Morgan fingerprint density at radius 3 is 3.00 bits per heavy atom. The van der Waals surface area contributed by atoms with Crippen LogP contribution in [0.25, 0.3) is 0 Å². The lowest BCUT2D eigenvalue weighted by Crippen LogP contribution is -2.36. The highest BCUT2D eigenvalue weighted by Crippen LogP contribution is 2.33. The summed E-state index contributed by atoms with van der Waals surface area (Å²) in [5.41, 5.74) is 2.81. The van der Waals surface area contributed by atoms with Gasteiger partial charge >= 0.3 is 0 Å². The highest BCUT2D eigenvalue weighted by Gasteiger charge is 2.26. The third-order valence-electron chi connectivity index (χ3n) is 4.15. The molecule has 1 aromatic heterocycles. The van der Waals surface area contributed by atoms with Crippen LogP contribution in [0.1, 0.15) is 37.4 Å². The maximum absolute atomic E-state index is 11.8. The maximum Gasteiger partial charge on any atom is 0.265 e. The number of rotatable bonds is 5. The number of ether oxygens (including phenoxy) is 1. The number of fused-ring (bicyclic) bond motifs is 1. The van der Waals surface area contributed by atoms with Crippen molar-refractivity contribution in [2.24, 2.45) is 0 Å². The fraction of sp³-hybridized carbons (Fsp3) is 0.333. The predicted molar refractivity (Wildman–Crippen MR) is 94.3 cm³/mol. The van der Waals surface area contributed by atoms with Crippen molar-refractivity contribution in [3.63, 3.8) is 0 Å². The fourth-order valence-corrected chi connectivity index (χ4v) is 2.81. The molecule has 0 unspecified atom stereocenters. The van der Waals surface area contributed by atoms with Gasteiger partial charge in [-0.25, -0.2) is 0 Å². The Hall–Kier alpha value is -2.11. The number of benzene rings is 1. The summed E-state index contributed by atoms with van der Waals surface area (Å²) < 4.78 is 5.80. The van der Waals surface area contributed by atoms with Gasteiger partial charge in [0.2, 0.25) is 0 Å². The molecule has 0 saturated carbocycles. The van der Waals surface area contributed by atoms with Gasteiger partial charge in [0.15, 0.2) is 6.10 Å². The van der Waals surface area contributed by atoms with Crippen LogP contribution in [0.5, 0.6) is 5.75 Å². The van der Waals surface area contributed by atoms with E-state index in [1.165, 1.54) is 0 Å². The van der Waals surface area contributed by atoms with E-state index >= 15 is 0 Å². The molecule has 0 bridgehead atoms. The van der Waals surface area contributed by atoms with Crippen molar-refractivity contribution in [1.29, 1.82) is 0 Å². The summed E-state index contributed by atoms with van der Waals surface area (Å²) in [6, 6.07) is 7.86. The molecular formula is C18H20ClN3O2. The summed E-state index contributed by atoms with van der Waals surface area (Å²) in [6.07, 6.45) is 3.59. The number of carbonyl (C=O) groups is 1. The Labute approximate surface area is 146 Å². The number of amides is 1.